The zero-order valence-electron chi connectivity index (χ0n) is 20.9. The summed E-state index contributed by atoms with van der Waals surface area (Å²) in [4.78, 5) is 28.0. The largest absolute Gasteiger partial charge is 0.460 e. The Morgan fingerprint density at radius 1 is 1.06 bits per heavy atom. The maximum atomic E-state index is 13.1. The van der Waals surface area contributed by atoms with Crippen LogP contribution in [-0.4, -0.2) is 34.6 Å². The second-order valence-electron chi connectivity index (χ2n) is 11.1. The highest BCUT2D eigenvalue weighted by Gasteiger charge is 2.43. The number of nitrogens with zero attached hydrogens (tertiary/aromatic N) is 1. The van der Waals surface area contributed by atoms with Crippen LogP contribution in [0.5, 0.6) is 0 Å². The zero-order chi connectivity index (χ0) is 24.3. The number of carbonyl (C=O) groups excluding carboxylic acids is 1. The average molecular weight is 478 g/mol. The molecule has 6 nitrogen and oxygen atoms in total. The van der Waals surface area contributed by atoms with E-state index in [9.17, 15) is 14.7 Å². The van der Waals surface area contributed by atoms with Crippen molar-refractivity contribution < 1.29 is 18.7 Å². The van der Waals surface area contributed by atoms with E-state index in [0.29, 0.717) is 37.1 Å². The van der Waals surface area contributed by atoms with Gasteiger partial charge in [-0.2, -0.15) is 0 Å². The summed E-state index contributed by atoms with van der Waals surface area (Å²) in [6, 6.07) is 2.13. The first-order valence-electron chi connectivity index (χ1n) is 13.4. The molecule has 186 valence electrons. The summed E-state index contributed by atoms with van der Waals surface area (Å²) >= 11 is 0. The number of rotatable bonds is 3. The van der Waals surface area contributed by atoms with Gasteiger partial charge in [-0.3, -0.25) is 4.79 Å². The minimum atomic E-state index is -0.597. The Bertz CT molecular complexity index is 1380. The molecule has 0 radical (unpaired) electrons. The molecule has 2 atom stereocenters. The van der Waals surface area contributed by atoms with Crippen LogP contribution in [0.4, 0.5) is 0 Å². The lowest BCUT2D eigenvalue weighted by Gasteiger charge is -2.47. The van der Waals surface area contributed by atoms with Crippen LogP contribution in [0.2, 0.25) is 0 Å². The van der Waals surface area contributed by atoms with E-state index in [0.717, 1.165) is 78.2 Å². The number of hydrogen-bond acceptors (Lipinski definition) is 5. The highest BCUT2D eigenvalue weighted by atomic mass is 16.4. The summed E-state index contributed by atoms with van der Waals surface area (Å²) in [5, 5.41) is 13.0. The van der Waals surface area contributed by atoms with Crippen molar-refractivity contribution in [1.82, 2.24) is 4.90 Å². The van der Waals surface area contributed by atoms with E-state index in [1.165, 1.54) is 12.0 Å². The molecule has 2 aromatic heterocycles. The van der Waals surface area contributed by atoms with E-state index < -0.39 is 5.60 Å². The standard InChI is InChI=1S/C29H35NO5/c1-17-20(10-11-25(31)30-14-13-29(33)12-6-5-7-19(29)16-30)28(32)35-26-18(2)27-23(15-22(17)26)21-8-3-4-9-24(21)34-27/h15,19,33H,3-14,16H2,1-2H3. The number of benzene rings is 1. The van der Waals surface area contributed by atoms with Crippen molar-refractivity contribution in [1.29, 1.82) is 0 Å². The lowest BCUT2D eigenvalue weighted by Crippen LogP contribution is -2.54. The monoisotopic (exact) mass is 477 g/mol. The molecule has 0 bridgehead atoms. The number of fused-ring (bicyclic) bond motifs is 5. The van der Waals surface area contributed by atoms with Gasteiger partial charge in [-0.25, -0.2) is 4.79 Å². The molecule has 6 heteroatoms. The van der Waals surface area contributed by atoms with Crippen molar-refractivity contribution in [2.24, 2.45) is 5.92 Å². The molecule has 3 aliphatic rings. The Labute approximate surface area is 205 Å². The van der Waals surface area contributed by atoms with Gasteiger partial charge in [0.1, 0.15) is 16.9 Å². The Balaban J connectivity index is 1.27. The van der Waals surface area contributed by atoms with Gasteiger partial charge >= 0.3 is 5.63 Å². The number of furan rings is 1. The van der Waals surface area contributed by atoms with Crippen LogP contribution in [0, 0.1) is 19.8 Å². The third-order valence-electron chi connectivity index (χ3n) is 9.09. The fourth-order valence-corrected chi connectivity index (χ4v) is 6.89. The summed E-state index contributed by atoms with van der Waals surface area (Å²) in [5.41, 5.74) is 4.14. The van der Waals surface area contributed by atoms with Crippen molar-refractivity contribution in [3.8, 4) is 0 Å². The van der Waals surface area contributed by atoms with Crippen molar-refractivity contribution in [3.05, 3.63) is 44.5 Å². The quantitative estimate of drug-likeness (QED) is 0.529. The van der Waals surface area contributed by atoms with E-state index in [2.05, 4.69) is 6.07 Å². The summed E-state index contributed by atoms with van der Waals surface area (Å²) in [5.74, 6) is 1.31. The fraction of sp³-hybridized carbons (Fsp3) is 0.586. The van der Waals surface area contributed by atoms with Gasteiger partial charge in [0.05, 0.1) is 5.60 Å². The summed E-state index contributed by atoms with van der Waals surface area (Å²) in [6.07, 6.45) is 9.65. The molecule has 1 amide bonds. The first kappa shape index (κ1) is 22.8. The zero-order valence-corrected chi connectivity index (χ0v) is 20.9. The molecular weight excluding hydrogens is 442 g/mol. The molecule has 2 unspecified atom stereocenters. The third kappa shape index (κ3) is 3.72. The number of carbonyl (C=O) groups is 1. The van der Waals surface area contributed by atoms with Crippen LogP contribution < -0.4 is 5.63 Å². The molecule has 1 saturated carbocycles. The normalized spacial score (nSPS) is 24.5. The van der Waals surface area contributed by atoms with Gasteiger partial charge in [-0.1, -0.05) is 12.8 Å². The summed E-state index contributed by atoms with van der Waals surface area (Å²) in [7, 11) is 0. The Hall–Kier alpha value is -2.60. The van der Waals surface area contributed by atoms with Crippen LogP contribution >= 0.6 is 0 Å². The molecule has 2 fully saturated rings. The van der Waals surface area contributed by atoms with Gasteiger partial charge in [-0.05, 0) is 70.4 Å². The molecule has 3 heterocycles. The SMILES string of the molecule is Cc1c(CCC(=O)N2CCC3(O)CCCCC3C2)c(=O)oc2c(C)c3oc4c(c3cc12)CCCC4. The number of aryl methyl sites for hydroxylation is 4. The molecule has 3 aromatic rings. The lowest BCUT2D eigenvalue weighted by atomic mass is 9.71. The van der Waals surface area contributed by atoms with Gasteiger partial charge in [0.25, 0.3) is 0 Å². The summed E-state index contributed by atoms with van der Waals surface area (Å²) in [6.45, 7) is 5.16. The van der Waals surface area contributed by atoms with Crippen molar-refractivity contribution in [2.75, 3.05) is 13.1 Å². The van der Waals surface area contributed by atoms with Gasteiger partial charge in [0, 0.05) is 59.3 Å². The van der Waals surface area contributed by atoms with E-state index >= 15 is 0 Å². The van der Waals surface area contributed by atoms with Crippen molar-refractivity contribution in [2.45, 2.75) is 90.1 Å². The van der Waals surface area contributed by atoms with E-state index in [4.69, 9.17) is 8.83 Å². The lowest BCUT2D eigenvalue weighted by molar-refractivity contribution is -0.143. The Kier molecular flexibility index (Phi) is 5.55. The maximum Gasteiger partial charge on any atom is 0.339 e. The second kappa shape index (κ2) is 8.51. The Morgan fingerprint density at radius 3 is 2.71 bits per heavy atom. The highest BCUT2D eigenvalue weighted by molar-refractivity contribution is 6.00. The molecule has 0 spiro atoms. The van der Waals surface area contributed by atoms with Crippen molar-refractivity contribution in [3.63, 3.8) is 0 Å². The first-order chi connectivity index (χ1) is 16.9. The predicted octanol–water partition coefficient (Wildman–Crippen LogP) is 5.12. The third-order valence-corrected chi connectivity index (χ3v) is 9.09. The second-order valence-corrected chi connectivity index (χ2v) is 11.1. The van der Waals surface area contributed by atoms with E-state index in [1.54, 1.807) is 0 Å². The van der Waals surface area contributed by atoms with Crippen LogP contribution in [0.15, 0.2) is 19.7 Å². The van der Waals surface area contributed by atoms with Crippen molar-refractivity contribution >= 4 is 27.8 Å². The number of aliphatic hydroxyl groups is 1. The molecule has 1 N–H and O–H groups in total. The van der Waals surface area contributed by atoms with Gasteiger partial charge in [0.2, 0.25) is 5.91 Å². The molecule has 1 aliphatic heterocycles. The highest BCUT2D eigenvalue weighted by Crippen LogP contribution is 2.40. The molecule has 2 aliphatic carbocycles. The first-order valence-corrected chi connectivity index (χ1v) is 13.4. The van der Waals surface area contributed by atoms with Crippen LogP contribution in [-0.2, 0) is 24.1 Å². The molecule has 6 rings (SSSR count). The average Bonchev–Trinajstić information content (AvgIpc) is 3.23. The van der Waals surface area contributed by atoms with Crippen LogP contribution in [0.3, 0.4) is 0 Å². The van der Waals surface area contributed by atoms with Crippen LogP contribution in [0.1, 0.15) is 79.4 Å². The van der Waals surface area contributed by atoms with Crippen LogP contribution in [0.25, 0.3) is 21.9 Å². The maximum absolute atomic E-state index is 13.1. The van der Waals surface area contributed by atoms with E-state index in [1.807, 2.05) is 18.7 Å². The minimum Gasteiger partial charge on any atom is -0.460 e. The number of likely N-dealkylation sites (tertiary alicyclic amines) is 1. The Morgan fingerprint density at radius 2 is 1.86 bits per heavy atom. The van der Waals surface area contributed by atoms with Gasteiger partial charge < -0.3 is 18.8 Å². The van der Waals surface area contributed by atoms with Gasteiger partial charge in [-0.15, -0.1) is 0 Å². The van der Waals surface area contributed by atoms with Gasteiger partial charge in [0.15, 0.2) is 0 Å². The fourth-order valence-electron chi connectivity index (χ4n) is 6.89. The topological polar surface area (TPSA) is 83.9 Å². The predicted molar refractivity (Wildman–Crippen MR) is 135 cm³/mol. The minimum absolute atomic E-state index is 0.0621. The molecular formula is C29H35NO5. The molecule has 1 aromatic carbocycles. The summed E-state index contributed by atoms with van der Waals surface area (Å²) < 4.78 is 12.0. The molecule has 1 saturated heterocycles. The molecule has 35 heavy (non-hydrogen) atoms. The van der Waals surface area contributed by atoms with E-state index in [-0.39, 0.29) is 23.9 Å². The number of hydrogen-bond donors (Lipinski definition) is 1. The number of amides is 1. The number of piperidine rings is 1. The smallest absolute Gasteiger partial charge is 0.339 e.